The second-order valence-electron chi connectivity index (χ2n) is 5.59. The third-order valence-electron chi connectivity index (χ3n) is 3.97. The zero-order chi connectivity index (χ0) is 15.9. The van der Waals surface area contributed by atoms with E-state index in [9.17, 15) is 5.11 Å². The Labute approximate surface area is 133 Å². The van der Waals surface area contributed by atoms with Crippen LogP contribution in [0, 0.1) is 0 Å². The van der Waals surface area contributed by atoms with Crippen LogP contribution in [0.15, 0.2) is 18.2 Å². The van der Waals surface area contributed by atoms with E-state index in [4.69, 9.17) is 16.3 Å². The first-order valence-electron chi connectivity index (χ1n) is 7.83. The molecule has 2 N–H and O–H groups in total. The number of aliphatic hydroxyl groups is 1. The van der Waals surface area contributed by atoms with Gasteiger partial charge in [0.15, 0.2) is 0 Å². The van der Waals surface area contributed by atoms with E-state index in [2.05, 4.69) is 19.2 Å². The number of ether oxygens (including phenoxy) is 1. The Bertz CT molecular complexity index is 433. The van der Waals surface area contributed by atoms with Gasteiger partial charge in [-0.15, -0.1) is 0 Å². The SMILES string of the molecule is CCCNC(C)c1ccc(OCC(O)(CC)CC)c(Cl)c1. The van der Waals surface area contributed by atoms with Crippen LogP contribution in [0.2, 0.25) is 5.02 Å². The number of rotatable bonds is 9. The van der Waals surface area contributed by atoms with Crippen LogP contribution in [-0.4, -0.2) is 23.9 Å². The first-order valence-corrected chi connectivity index (χ1v) is 8.21. The van der Waals surface area contributed by atoms with Gasteiger partial charge in [-0.2, -0.15) is 0 Å². The summed E-state index contributed by atoms with van der Waals surface area (Å²) >= 11 is 6.29. The molecule has 3 nitrogen and oxygen atoms in total. The zero-order valence-corrected chi connectivity index (χ0v) is 14.3. The Balaban J connectivity index is 2.70. The fraction of sp³-hybridized carbons (Fsp3) is 0.647. The fourth-order valence-electron chi connectivity index (χ4n) is 2.05. The van der Waals surface area contributed by atoms with Crippen LogP contribution < -0.4 is 10.1 Å². The lowest BCUT2D eigenvalue weighted by Gasteiger charge is -2.25. The van der Waals surface area contributed by atoms with Gasteiger partial charge in [-0.1, -0.05) is 38.4 Å². The summed E-state index contributed by atoms with van der Waals surface area (Å²) in [6, 6.07) is 6.10. The number of nitrogens with one attached hydrogen (secondary N) is 1. The van der Waals surface area contributed by atoms with Crippen molar-refractivity contribution in [1.29, 1.82) is 0 Å². The van der Waals surface area contributed by atoms with E-state index in [-0.39, 0.29) is 12.6 Å². The van der Waals surface area contributed by atoms with Crippen molar-refractivity contribution in [3.63, 3.8) is 0 Å². The first kappa shape index (κ1) is 18.3. The van der Waals surface area contributed by atoms with Gasteiger partial charge in [-0.05, 0) is 50.4 Å². The van der Waals surface area contributed by atoms with Crippen LogP contribution in [-0.2, 0) is 0 Å². The van der Waals surface area contributed by atoms with Crippen molar-refractivity contribution in [1.82, 2.24) is 5.32 Å². The number of hydrogen-bond acceptors (Lipinski definition) is 3. The Morgan fingerprint density at radius 2 is 1.95 bits per heavy atom. The smallest absolute Gasteiger partial charge is 0.138 e. The third-order valence-corrected chi connectivity index (χ3v) is 4.26. The lowest BCUT2D eigenvalue weighted by molar-refractivity contribution is -0.0113. The maximum absolute atomic E-state index is 10.2. The lowest BCUT2D eigenvalue weighted by Crippen LogP contribution is -2.34. The molecule has 0 aliphatic carbocycles. The topological polar surface area (TPSA) is 41.5 Å². The average molecular weight is 314 g/mol. The van der Waals surface area contributed by atoms with E-state index in [1.54, 1.807) is 0 Å². The van der Waals surface area contributed by atoms with Gasteiger partial charge in [0.2, 0.25) is 0 Å². The molecule has 0 radical (unpaired) electrons. The molecule has 0 aliphatic rings. The highest BCUT2D eigenvalue weighted by Crippen LogP contribution is 2.29. The molecule has 1 aromatic rings. The molecule has 0 saturated heterocycles. The zero-order valence-electron chi connectivity index (χ0n) is 13.6. The first-order chi connectivity index (χ1) is 9.95. The summed E-state index contributed by atoms with van der Waals surface area (Å²) in [6.07, 6.45) is 2.43. The summed E-state index contributed by atoms with van der Waals surface area (Å²) in [5.74, 6) is 0.628. The van der Waals surface area contributed by atoms with Crippen LogP contribution in [0.5, 0.6) is 5.75 Å². The average Bonchev–Trinajstić information content (AvgIpc) is 2.51. The van der Waals surface area contributed by atoms with Crippen molar-refractivity contribution >= 4 is 11.6 Å². The maximum atomic E-state index is 10.2. The lowest BCUT2D eigenvalue weighted by atomic mass is 9.99. The maximum Gasteiger partial charge on any atom is 0.138 e. The second kappa shape index (κ2) is 8.62. The van der Waals surface area contributed by atoms with Crippen molar-refractivity contribution in [2.24, 2.45) is 0 Å². The quantitative estimate of drug-likeness (QED) is 0.713. The molecule has 0 saturated carbocycles. The summed E-state index contributed by atoms with van der Waals surface area (Å²) < 4.78 is 5.70. The van der Waals surface area contributed by atoms with Gasteiger partial charge in [0, 0.05) is 6.04 Å². The predicted octanol–water partition coefficient (Wildman–Crippen LogP) is 4.33. The van der Waals surface area contributed by atoms with Gasteiger partial charge >= 0.3 is 0 Å². The van der Waals surface area contributed by atoms with E-state index in [0.717, 1.165) is 18.5 Å². The highest BCUT2D eigenvalue weighted by Gasteiger charge is 2.23. The molecule has 0 bridgehead atoms. The minimum Gasteiger partial charge on any atom is -0.489 e. The normalized spacial score (nSPS) is 13.2. The Morgan fingerprint density at radius 3 is 2.48 bits per heavy atom. The molecule has 0 aromatic heterocycles. The monoisotopic (exact) mass is 313 g/mol. The van der Waals surface area contributed by atoms with Gasteiger partial charge in [0.05, 0.1) is 10.6 Å². The molecular formula is C17H28ClNO2. The molecule has 4 heteroatoms. The summed E-state index contributed by atoms with van der Waals surface area (Å²) in [5.41, 5.74) is 0.361. The van der Waals surface area contributed by atoms with Crippen molar-refractivity contribution in [3.8, 4) is 5.75 Å². The van der Waals surface area contributed by atoms with E-state index in [1.807, 2.05) is 32.0 Å². The minimum atomic E-state index is -0.780. The molecule has 0 heterocycles. The molecule has 0 aliphatic heterocycles. The summed E-state index contributed by atoms with van der Waals surface area (Å²) in [5, 5.41) is 14.3. The fourth-order valence-corrected chi connectivity index (χ4v) is 2.29. The molecule has 1 rings (SSSR count). The predicted molar refractivity (Wildman–Crippen MR) is 89.2 cm³/mol. The molecule has 1 unspecified atom stereocenters. The number of halogens is 1. The molecule has 21 heavy (non-hydrogen) atoms. The minimum absolute atomic E-state index is 0.264. The van der Waals surface area contributed by atoms with Crippen molar-refractivity contribution in [2.75, 3.05) is 13.2 Å². The molecule has 1 atom stereocenters. The van der Waals surface area contributed by atoms with Crippen LogP contribution in [0.1, 0.15) is 58.6 Å². The van der Waals surface area contributed by atoms with Crippen molar-refractivity contribution in [2.45, 2.75) is 58.6 Å². The summed E-state index contributed by atoms with van der Waals surface area (Å²) in [4.78, 5) is 0. The van der Waals surface area contributed by atoms with Crippen molar-refractivity contribution in [3.05, 3.63) is 28.8 Å². The van der Waals surface area contributed by atoms with E-state index >= 15 is 0 Å². The highest BCUT2D eigenvalue weighted by molar-refractivity contribution is 6.32. The summed E-state index contributed by atoms with van der Waals surface area (Å²) in [7, 11) is 0. The highest BCUT2D eigenvalue weighted by atomic mass is 35.5. The van der Waals surface area contributed by atoms with Gasteiger partial charge in [0.25, 0.3) is 0 Å². The van der Waals surface area contributed by atoms with Crippen LogP contribution in [0.25, 0.3) is 0 Å². The van der Waals surface area contributed by atoms with E-state index in [0.29, 0.717) is 23.6 Å². The van der Waals surface area contributed by atoms with Crippen LogP contribution in [0.4, 0.5) is 0 Å². The van der Waals surface area contributed by atoms with Crippen molar-refractivity contribution < 1.29 is 9.84 Å². The van der Waals surface area contributed by atoms with Gasteiger partial charge in [-0.25, -0.2) is 0 Å². The number of benzene rings is 1. The summed E-state index contributed by atoms with van der Waals surface area (Å²) in [6.45, 7) is 9.43. The molecule has 120 valence electrons. The third kappa shape index (κ3) is 5.50. The number of hydrogen-bond donors (Lipinski definition) is 2. The second-order valence-corrected chi connectivity index (χ2v) is 5.99. The van der Waals surface area contributed by atoms with Crippen LogP contribution in [0.3, 0.4) is 0 Å². The molecule has 0 spiro atoms. The van der Waals surface area contributed by atoms with Gasteiger partial charge in [-0.3, -0.25) is 0 Å². The Hall–Kier alpha value is -0.770. The van der Waals surface area contributed by atoms with Gasteiger partial charge < -0.3 is 15.2 Å². The van der Waals surface area contributed by atoms with Crippen LogP contribution >= 0.6 is 11.6 Å². The van der Waals surface area contributed by atoms with Gasteiger partial charge in [0.1, 0.15) is 12.4 Å². The molecular weight excluding hydrogens is 286 g/mol. The molecule has 0 fully saturated rings. The van der Waals surface area contributed by atoms with E-state index in [1.165, 1.54) is 0 Å². The standard InChI is InChI=1S/C17H28ClNO2/c1-5-10-19-13(4)14-8-9-16(15(18)11-14)21-12-17(20,6-2)7-3/h8-9,11,13,19-20H,5-7,10,12H2,1-4H3. The Kier molecular flexibility index (Phi) is 7.50. The van der Waals surface area contributed by atoms with E-state index < -0.39 is 5.60 Å². The molecule has 0 amide bonds. The Morgan fingerprint density at radius 1 is 1.29 bits per heavy atom. The molecule has 1 aromatic carbocycles. The largest absolute Gasteiger partial charge is 0.489 e.